The Bertz CT molecular complexity index is 894. The fourth-order valence-electron chi connectivity index (χ4n) is 3.00. The monoisotopic (exact) mass is 360 g/mol. The minimum atomic E-state index is -0.00447. The molecule has 0 saturated heterocycles. The molecule has 1 N–H and O–H groups in total. The molecule has 27 heavy (non-hydrogen) atoms. The van der Waals surface area contributed by atoms with E-state index in [2.05, 4.69) is 34.6 Å². The number of carbonyl (C=O) groups excluding carboxylic acids is 1. The van der Waals surface area contributed by atoms with Crippen LogP contribution in [0.15, 0.2) is 66.9 Å². The molecule has 2 aromatic carbocycles. The first-order valence-electron chi connectivity index (χ1n) is 9.01. The summed E-state index contributed by atoms with van der Waals surface area (Å²) >= 11 is 0. The van der Waals surface area contributed by atoms with Crippen molar-refractivity contribution in [1.29, 1.82) is 0 Å². The van der Waals surface area contributed by atoms with Gasteiger partial charge in [-0.2, -0.15) is 0 Å². The van der Waals surface area contributed by atoms with E-state index < -0.39 is 0 Å². The topological polar surface area (TPSA) is 58.1 Å². The summed E-state index contributed by atoms with van der Waals surface area (Å²) in [5.41, 5.74) is 4.13. The number of hydrogen-bond acceptors (Lipinski definition) is 4. The molecule has 0 aliphatic rings. The third kappa shape index (κ3) is 4.91. The fourth-order valence-corrected chi connectivity index (χ4v) is 3.00. The van der Waals surface area contributed by atoms with Gasteiger partial charge in [-0.15, -0.1) is 0 Å². The SMILES string of the molecule is CC(=O)NC(C)Cc1ccc(-c2ccnc(N(C)c3ccccc3)n2)cc1. The van der Waals surface area contributed by atoms with Crippen LogP contribution < -0.4 is 10.2 Å². The maximum atomic E-state index is 11.1. The molecular formula is C22H24N4O. The van der Waals surface area contributed by atoms with Gasteiger partial charge in [-0.3, -0.25) is 4.79 Å². The number of anilines is 2. The van der Waals surface area contributed by atoms with Crippen LogP contribution in [0.4, 0.5) is 11.6 Å². The van der Waals surface area contributed by atoms with E-state index in [0.29, 0.717) is 5.95 Å². The zero-order valence-corrected chi connectivity index (χ0v) is 15.9. The number of hydrogen-bond donors (Lipinski definition) is 1. The first-order valence-corrected chi connectivity index (χ1v) is 9.01. The van der Waals surface area contributed by atoms with Crippen molar-refractivity contribution in [2.75, 3.05) is 11.9 Å². The quantitative estimate of drug-likeness (QED) is 0.722. The van der Waals surface area contributed by atoms with Crippen LogP contribution in [-0.4, -0.2) is 29.0 Å². The van der Waals surface area contributed by atoms with Crippen molar-refractivity contribution in [2.24, 2.45) is 0 Å². The summed E-state index contributed by atoms with van der Waals surface area (Å²) in [4.78, 5) is 22.2. The highest BCUT2D eigenvalue weighted by atomic mass is 16.1. The summed E-state index contributed by atoms with van der Waals surface area (Å²) in [6.07, 6.45) is 2.58. The fraction of sp³-hybridized carbons (Fsp3) is 0.227. The zero-order chi connectivity index (χ0) is 19.2. The highest BCUT2D eigenvalue weighted by molar-refractivity contribution is 5.73. The molecule has 0 spiro atoms. The lowest BCUT2D eigenvalue weighted by atomic mass is 10.0. The molecule has 0 aliphatic carbocycles. The molecule has 1 aromatic heterocycles. The van der Waals surface area contributed by atoms with Gasteiger partial charge in [-0.25, -0.2) is 9.97 Å². The Morgan fingerprint density at radius 1 is 1.07 bits per heavy atom. The van der Waals surface area contributed by atoms with Gasteiger partial charge in [-0.05, 0) is 37.1 Å². The Morgan fingerprint density at radius 3 is 2.44 bits per heavy atom. The van der Waals surface area contributed by atoms with E-state index >= 15 is 0 Å². The first kappa shape index (κ1) is 18.6. The van der Waals surface area contributed by atoms with Crippen molar-refractivity contribution in [3.63, 3.8) is 0 Å². The molecule has 0 fully saturated rings. The number of para-hydroxylation sites is 1. The van der Waals surface area contributed by atoms with Crippen LogP contribution >= 0.6 is 0 Å². The molecule has 0 aliphatic heterocycles. The van der Waals surface area contributed by atoms with Gasteiger partial charge in [-0.1, -0.05) is 42.5 Å². The van der Waals surface area contributed by atoms with E-state index in [4.69, 9.17) is 4.98 Å². The predicted molar refractivity (Wildman–Crippen MR) is 109 cm³/mol. The van der Waals surface area contributed by atoms with Gasteiger partial charge in [0.05, 0.1) is 5.69 Å². The second kappa shape index (κ2) is 8.45. The standard InChI is InChI=1S/C22H24N4O/c1-16(24-17(2)27)15-18-9-11-19(12-10-18)21-13-14-23-22(25-21)26(3)20-7-5-4-6-8-20/h4-14,16H,15H2,1-3H3,(H,24,27). The minimum absolute atomic E-state index is 0.00447. The van der Waals surface area contributed by atoms with Gasteiger partial charge in [0, 0.05) is 37.5 Å². The number of amides is 1. The molecule has 3 rings (SSSR count). The average Bonchev–Trinajstić information content (AvgIpc) is 2.68. The highest BCUT2D eigenvalue weighted by Gasteiger charge is 2.09. The predicted octanol–water partition coefficient (Wildman–Crippen LogP) is 3.98. The second-order valence-electron chi connectivity index (χ2n) is 6.64. The van der Waals surface area contributed by atoms with E-state index in [-0.39, 0.29) is 11.9 Å². The summed E-state index contributed by atoms with van der Waals surface area (Å²) in [7, 11) is 1.96. The molecule has 0 radical (unpaired) electrons. The lowest BCUT2D eigenvalue weighted by molar-refractivity contribution is -0.119. The summed E-state index contributed by atoms with van der Waals surface area (Å²) in [6, 6.07) is 20.3. The van der Waals surface area contributed by atoms with Crippen LogP contribution in [-0.2, 0) is 11.2 Å². The summed E-state index contributed by atoms with van der Waals surface area (Å²) in [6.45, 7) is 3.55. The Hall–Kier alpha value is -3.21. The van der Waals surface area contributed by atoms with E-state index in [9.17, 15) is 4.79 Å². The van der Waals surface area contributed by atoms with Crippen LogP contribution in [0.25, 0.3) is 11.3 Å². The van der Waals surface area contributed by atoms with E-state index in [1.54, 1.807) is 13.1 Å². The molecule has 3 aromatic rings. The molecule has 0 saturated carbocycles. The smallest absolute Gasteiger partial charge is 0.230 e. The van der Waals surface area contributed by atoms with Crippen molar-refractivity contribution in [1.82, 2.24) is 15.3 Å². The number of carbonyl (C=O) groups is 1. The molecule has 1 amide bonds. The van der Waals surface area contributed by atoms with Gasteiger partial charge in [0.15, 0.2) is 0 Å². The number of rotatable bonds is 6. The molecule has 5 nitrogen and oxygen atoms in total. The number of nitrogens with zero attached hydrogens (tertiary/aromatic N) is 3. The molecular weight excluding hydrogens is 336 g/mol. The lowest BCUT2D eigenvalue weighted by Gasteiger charge is -2.17. The molecule has 5 heteroatoms. The van der Waals surface area contributed by atoms with Crippen LogP contribution in [0.3, 0.4) is 0 Å². The molecule has 0 bridgehead atoms. The van der Waals surface area contributed by atoms with Crippen LogP contribution in [0.5, 0.6) is 0 Å². The van der Waals surface area contributed by atoms with Crippen LogP contribution in [0.1, 0.15) is 19.4 Å². The van der Waals surface area contributed by atoms with E-state index in [0.717, 1.165) is 23.4 Å². The summed E-state index contributed by atoms with van der Waals surface area (Å²) in [5, 5.41) is 2.91. The van der Waals surface area contributed by atoms with Crippen LogP contribution in [0.2, 0.25) is 0 Å². The Balaban J connectivity index is 1.76. The van der Waals surface area contributed by atoms with Crippen molar-refractivity contribution >= 4 is 17.5 Å². The minimum Gasteiger partial charge on any atom is -0.354 e. The number of benzene rings is 2. The third-order valence-electron chi connectivity index (χ3n) is 4.33. The van der Waals surface area contributed by atoms with Crippen molar-refractivity contribution < 1.29 is 4.79 Å². The maximum Gasteiger partial charge on any atom is 0.230 e. The summed E-state index contributed by atoms with van der Waals surface area (Å²) < 4.78 is 0. The van der Waals surface area contributed by atoms with Crippen molar-refractivity contribution in [3.8, 4) is 11.3 Å². The molecule has 1 atom stereocenters. The van der Waals surface area contributed by atoms with Gasteiger partial charge in [0.2, 0.25) is 11.9 Å². The normalized spacial score (nSPS) is 11.7. The molecule has 1 heterocycles. The highest BCUT2D eigenvalue weighted by Crippen LogP contribution is 2.23. The van der Waals surface area contributed by atoms with E-state index in [1.807, 2.05) is 55.3 Å². The number of aromatic nitrogens is 2. The van der Waals surface area contributed by atoms with Crippen LogP contribution in [0, 0.1) is 0 Å². The van der Waals surface area contributed by atoms with Gasteiger partial charge >= 0.3 is 0 Å². The van der Waals surface area contributed by atoms with E-state index in [1.165, 1.54) is 5.56 Å². The first-order chi connectivity index (χ1) is 13.0. The Morgan fingerprint density at radius 2 is 1.78 bits per heavy atom. The average molecular weight is 360 g/mol. The zero-order valence-electron chi connectivity index (χ0n) is 15.9. The molecule has 138 valence electrons. The Kier molecular flexibility index (Phi) is 5.81. The van der Waals surface area contributed by atoms with Gasteiger partial charge in [0.25, 0.3) is 0 Å². The Labute approximate surface area is 160 Å². The van der Waals surface area contributed by atoms with Gasteiger partial charge in [0.1, 0.15) is 0 Å². The molecule has 1 unspecified atom stereocenters. The lowest BCUT2D eigenvalue weighted by Crippen LogP contribution is -2.31. The largest absolute Gasteiger partial charge is 0.354 e. The maximum absolute atomic E-state index is 11.1. The second-order valence-corrected chi connectivity index (χ2v) is 6.64. The summed E-state index contributed by atoms with van der Waals surface area (Å²) in [5.74, 6) is 0.650. The number of nitrogens with one attached hydrogen (secondary N) is 1. The van der Waals surface area contributed by atoms with Crippen molar-refractivity contribution in [2.45, 2.75) is 26.3 Å². The van der Waals surface area contributed by atoms with Crippen molar-refractivity contribution in [3.05, 3.63) is 72.4 Å². The van der Waals surface area contributed by atoms with Gasteiger partial charge < -0.3 is 10.2 Å². The third-order valence-corrected chi connectivity index (χ3v) is 4.33.